The van der Waals surface area contributed by atoms with Crippen LogP contribution in [0, 0.1) is 0 Å². The summed E-state index contributed by atoms with van der Waals surface area (Å²) in [5.41, 5.74) is 0.824. The Kier molecular flexibility index (Phi) is 4.33. The number of rotatable bonds is 4. The van der Waals surface area contributed by atoms with Crippen LogP contribution < -0.4 is 10.1 Å². The molecule has 0 aliphatic rings. The molecule has 0 saturated heterocycles. The van der Waals surface area contributed by atoms with Crippen LogP contribution in [-0.4, -0.2) is 24.3 Å². The molecule has 3 nitrogen and oxygen atoms in total. The maximum absolute atomic E-state index is 10.1. The molecular formula is C13H21NO2. The maximum atomic E-state index is 10.1. The molecule has 1 aromatic carbocycles. The molecule has 0 amide bonds. The zero-order chi connectivity index (χ0) is 12.2. The predicted molar refractivity (Wildman–Crippen MR) is 65.7 cm³/mol. The van der Waals surface area contributed by atoms with Gasteiger partial charge in [0.25, 0.3) is 0 Å². The lowest BCUT2D eigenvalue weighted by Crippen LogP contribution is -2.38. The molecule has 16 heavy (non-hydrogen) atoms. The van der Waals surface area contributed by atoms with Crippen molar-refractivity contribution < 1.29 is 9.84 Å². The van der Waals surface area contributed by atoms with E-state index in [0.717, 1.165) is 11.3 Å². The molecule has 0 aliphatic carbocycles. The molecule has 0 saturated carbocycles. The second-order valence-electron chi connectivity index (χ2n) is 4.89. The van der Waals surface area contributed by atoms with Gasteiger partial charge in [-0.3, -0.25) is 0 Å². The Morgan fingerprint density at radius 1 is 1.31 bits per heavy atom. The van der Waals surface area contributed by atoms with Crippen LogP contribution in [0.1, 0.15) is 32.4 Å². The lowest BCUT2D eigenvalue weighted by molar-refractivity contribution is 0.159. The van der Waals surface area contributed by atoms with Gasteiger partial charge in [-0.15, -0.1) is 0 Å². The van der Waals surface area contributed by atoms with Crippen LogP contribution in [0.25, 0.3) is 0 Å². The van der Waals surface area contributed by atoms with Gasteiger partial charge in [0.15, 0.2) is 0 Å². The normalized spacial score (nSPS) is 13.6. The van der Waals surface area contributed by atoms with Gasteiger partial charge in [0.1, 0.15) is 5.75 Å². The molecule has 1 rings (SSSR count). The van der Waals surface area contributed by atoms with E-state index in [1.807, 2.05) is 24.3 Å². The first kappa shape index (κ1) is 13.0. The fourth-order valence-electron chi connectivity index (χ4n) is 1.45. The summed E-state index contributed by atoms with van der Waals surface area (Å²) in [7, 11) is 1.61. The van der Waals surface area contributed by atoms with Crippen molar-refractivity contribution in [1.82, 2.24) is 5.32 Å². The van der Waals surface area contributed by atoms with Crippen molar-refractivity contribution in [2.75, 3.05) is 13.7 Å². The summed E-state index contributed by atoms with van der Waals surface area (Å²) in [5.74, 6) is 0.728. The van der Waals surface area contributed by atoms with Crippen LogP contribution in [-0.2, 0) is 0 Å². The summed E-state index contributed by atoms with van der Waals surface area (Å²) in [5, 5.41) is 13.3. The van der Waals surface area contributed by atoms with Gasteiger partial charge in [-0.2, -0.15) is 0 Å². The zero-order valence-electron chi connectivity index (χ0n) is 10.4. The van der Waals surface area contributed by atoms with Crippen LogP contribution in [0.15, 0.2) is 24.3 Å². The Balaban J connectivity index is 2.69. The molecule has 2 N–H and O–H groups in total. The van der Waals surface area contributed by atoms with E-state index < -0.39 is 6.10 Å². The second-order valence-corrected chi connectivity index (χ2v) is 4.89. The molecule has 90 valence electrons. The molecule has 0 aromatic heterocycles. The number of aliphatic hydroxyl groups excluding tert-OH is 1. The molecule has 0 aliphatic heterocycles. The van der Waals surface area contributed by atoms with E-state index in [2.05, 4.69) is 26.1 Å². The van der Waals surface area contributed by atoms with E-state index in [-0.39, 0.29) is 5.54 Å². The third-order valence-electron chi connectivity index (χ3n) is 2.32. The van der Waals surface area contributed by atoms with Gasteiger partial charge in [-0.05, 0) is 26.8 Å². The van der Waals surface area contributed by atoms with E-state index in [1.165, 1.54) is 0 Å². The van der Waals surface area contributed by atoms with E-state index in [1.54, 1.807) is 7.11 Å². The minimum atomic E-state index is -0.546. The fraction of sp³-hybridized carbons (Fsp3) is 0.538. The van der Waals surface area contributed by atoms with Crippen LogP contribution in [0.4, 0.5) is 0 Å². The zero-order valence-corrected chi connectivity index (χ0v) is 10.4. The van der Waals surface area contributed by atoms with E-state index in [0.29, 0.717) is 6.54 Å². The smallest absolute Gasteiger partial charge is 0.124 e. The number of aliphatic hydroxyl groups is 1. The largest absolute Gasteiger partial charge is 0.496 e. The Hall–Kier alpha value is -1.06. The topological polar surface area (TPSA) is 41.5 Å². The second kappa shape index (κ2) is 5.32. The highest BCUT2D eigenvalue weighted by molar-refractivity contribution is 5.35. The first-order valence-corrected chi connectivity index (χ1v) is 5.50. The minimum Gasteiger partial charge on any atom is -0.496 e. The van der Waals surface area contributed by atoms with Gasteiger partial charge in [0, 0.05) is 17.6 Å². The monoisotopic (exact) mass is 223 g/mol. The number of hydrogen-bond donors (Lipinski definition) is 2. The van der Waals surface area contributed by atoms with Crippen molar-refractivity contribution in [1.29, 1.82) is 0 Å². The van der Waals surface area contributed by atoms with Crippen molar-refractivity contribution in [2.24, 2.45) is 0 Å². The molecular weight excluding hydrogens is 202 g/mol. The average Bonchev–Trinajstić information content (AvgIpc) is 2.25. The highest BCUT2D eigenvalue weighted by Crippen LogP contribution is 2.24. The minimum absolute atomic E-state index is 0.00297. The van der Waals surface area contributed by atoms with Crippen LogP contribution in [0.5, 0.6) is 5.75 Å². The quantitative estimate of drug-likeness (QED) is 0.821. The predicted octanol–water partition coefficient (Wildman–Crippen LogP) is 2.12. The highest BCUT2D eigenvalue weighted by Gasteiger charge is 2.16. The third-order valence-corrected chi connectivity index (χ3v) is 2.32. The van der Waals surface area contributed by atoms with Gasteiger partial charge in [-0.25, -0.2) is 0 Å². The van der Waals surface area contributed by atoms with Crippen LogP contribution >= 0.6 is 0 Å². The molecule has 0 fully saturated rings. The van der Waals surface area contributed by atoms with Gasteiger partial charge < -0.3 is 15.2 Å². The number of benzene rings is 1. The molecule has 0 bridgehead atoms. The van der Waals surface area contributed by atoms with Gasteiger partial charge in [0.05, 0.1) is 13.2 Å². The van der Waals surface area contributed by atoms with Crippen LogP contribution in [0.3, 0.4) is 0 Å². The maximum Gasteiger partial charge on any atom is 0.124 e. The first-order chi connectivity index (χ1) is 7.44. The summed E-state index contributed by atoms with van der Waals surface area (Å²) in [6, 6.07) is 7.54. The summed E-state index contributed by atoms with van der Waals surface area (Å²) >= 11 is 0. The molecule has 1 unspecified atom stereocenters. The van der Waals surface area contributed by atoms with E-state index in [9.17, 15) is 5.11 Å². The van der Waals surface area contributed by atoms with E-state index in [4.69, 9.17) is 4.74 Å². The van der Waals surface area contributed by atoms with Gasteiger partial charge in [0.2, 0.25) is 0 Å². The first-order valence-electron chi connectivity index (χ1n) is 5.50. The standard InChI is InChI=1S/C13H21NO2/c1-13(2,3)14-9-11(15)10-7-5-6-8-12(10)16-4/h5-8,11,14-15H,9H2,1-4H3. The number of hydrogen-bond acceptors (Lipinski definition) is 3. The lowest BCUT2D eigenvalue weighted by atomic mass is 10.1. The molecule has 1 atom stereocenters. The Bertz CT molecular complexity index is 331. The Labute approximate surface area is 97.4 Å². The summed E-state index contributed by atoms with van der Waals surface area (Å²) < 4.78 is 5.21. The van der Waals surface area contributed by atoms with Crippen molar-refractivity contribution in [3.63, 3.8) is 0 Å². The Morgan fingerprint density at radius 3 is 2.50 bits per heavy atom. The van der Waals surface area contributed by atoms with Crippen LogP contribution in [0.2, 0.25) is 0 Å². The summed E-state index contributed by atoms with van der Waals surface area (Å²) in [6.45, 7) is 6.73. The molecule has 0 spiro atoms. The Morgan fingerprint density at radius 2 is 1.94 bits per heavy atom. The third kappa shape index (κ3) is 3.83. The SMILES string of the molecule is COc1ccccc1C(O)CNC(C)(C)C. The lowest BCUT2D eigenvalue weighted by Gasteiger charge is -2.23. The van der Waals surface area contributed by atoms with Crippen molar-refractivity contribution in [2.45, 2.75) is 32.4 Å². The summed E-state index contributed by atoms with van der Waals surface area (Å²) in [6.07, 6.45) is -0.546. The van der Waals surface area contributed by atoms with Gasteiger partial charge >= 0.3 is 0 Å². The molecule has 3 heteroatoms. The number of methoxy groups -OCH3 is 1. The number of β-amino-alcohol motifs (C(OH)–C–C–N with tert-alkyl or cyclic N) is 1. The van der Waals surface area contributed by atoms with Crippen molar-refractivity contribution in [3.8, 4) is 5.75 Å². The molecule has 1 aromatic rings. The fourth-order valence-corrected chi connectivity index (χ4v) is 1.45. The average molecular weight is 223 g/mol. The van der Waals surface area contributed by atoms with Crippen molar-refractivity contribution in [3.05, 3.63) is 29.8 Å². The van der Waals surface area contributed by atoms with E-state index >= 15 is 0 Å². The number of para-hydroxylation sites is 1. The highest BCUT2D eigenvalue weighted by atomic mass is 16.5. The molecule has 0 heterocycles. The number of ether oxygens (including phenoxy) is 1. The number of nitrogens with one attached hydrogen (secondary N) is 1. The van der Waals surface area contributed by atoms with Gasteiger partial charge in [-0.1, -0.05) is 18.2 Å². The molecule has 0 radical (unpaired) electrons. The van der Waals surface area contributed by atoms with Crippen molar-refractivity contribution >= 4 is 0 Å². The summed E-state index contributed by atoms with van der Waals surface area (Å²) in [4.78, 5) is 0.